The summed E-state index contributed by atoms with van der Waals surface area (Å²) >= 11 is 0. The second-order valence-electron chi connectivity index (χ2n) is 6.26. The summed E-state index contributed by atoms with van der Waals surface area (Å²) in [5.74, 6) is 0.0598. The SMILES string of the molecule is C[C@H](Cc1ccc2c(c1)CCO2)NS(=O)(=O)c1ccccc1OC(F)(F)F. The van der Waals surface area contributed by atoms with Gasteiger partial charge in [-0.1, -0.05) is 24.3 Å². The lowest BCUT2D eigenvalue weighted by molar-refractivity contribution is -0.275. The molecular formula is C18H18F3NO4S. The van der Waals surface area contributed by atoms with E-state index in [9.17, 15) is 21.6 Å². The second kappa shape index (κ2) is 7.40. The third kappa shape index (κ3) is 4.92. The molecule has 27 heavy (non-hydrogen) atoms. The molecule has 0 fully saturated rings. The Balaban J connectivity index is 1.74. The van der Waals surface area contributed by atoms with E-state index in [2.05, 4.69) is 9.46 Å². The number of nitrogens with one attached hydrogen (secondary N) is 1. The summed E-state index contributed by atoms with van der Waals surface area (Å²) in [6.45, 7) is 2.27. The summed E-state index contributed by atoms with van der Waals surface area (Å²) in [5.41, 5.74) is 1.97. The van der Waals surface area contributed by atoms with Crippen molar-refractivity contribution in [2.45, 2.75) is 37.1 Å². The number of hydrogen-bond donors (Lipinski definition) is 1. The second-order valence-corrected chi connectivity index (χ2v) is 7.94. The fourth-order valence-corrected chi connectivity index (χ4v) is 4.34. The average Bonchev–Trinajstić information content (AvgIpc) is 3.00. The molecule has 0 bridgehead atoms. The maximum Gasteiger partial charge on any atom is 0.573 e. The average molecular weight is 401 g/mol. The van der Waals surface area contributed by atoms with Crippen molar-refractivity contribution in [1.29, 1.82) is 0 Å². The molecule has 2 aromatic carbocycles. The van der Waals surface area contributed by atoms with Crippen LogP contribution in [0.2, 0.25) is 0 Å². The molecule has 0 saturated carbocycles. The van der Waals surface area contributed by atoms with E-state index in [4.69, 9.17) is 4.74 Å². The minimum atomic E-state index is -4.98. The normalized spacial score (nSPS) is 15.1. The van der Waals surface area contributed by atoms with E-state index in [-0.39, 0.29) is 0 Å². The number of alkyl halides is 3. The van der Waals surface area contributed by atoms with Crippen molar-refractivity contribution in [3.05, 3.63) is 53.6 Å². The number of ether oxygens (including phenoxy) is 2. The minimum absolute atomic E-state index is 0.384. The molecule has 0 aliphatic carbocycles. The molecule has 146 valence electrons. The van der Waals surface area contributed by atoms with E-state index >= 15 is 0 Å². The van der Waals surface area contributed by atoms with Crippen LogP contribution in [0.1, 0.15) is 18.1 Å². The molecule has 0 amide bonds. The summed E-state index contributed by atoms with van der Waals surface area (Å²) in [7, 11) is -4.19. The zero-order valence-electron chi connectivity index (χ0n) is 14.4. The number of para-hydroxylation sites is 1. The minimum Gasteiger partial charge on any atom is -0.493 e. The van der Waals surface area contributed by atoms with Gasteiger partial charge in [0.2, 0.25) is 10.0 Å². The highest BCUT2D eigenvalue weighted by Crippen LogP contribution is 2.30. The molecular weight excluding hydrogens is 383 g/mol. The third-order valence-corrected chi connectivity index (χ3v) is 5.65. The molecule has 1 aliphatic heterocycles. The molecule has 0 saturated heterocycles. The van der Waals surface area contributed by atoms with Crippen LogP contribution in [0.5, 0.6) is 11.5 Å². The number of sulfonamides is 1. The lowest BCUT2D eigenvalue weighted by Gasteiger charge is -2.17. The highest BCUT2D eigenvalue weighted by atomic mass is 32.2. The van der Waals surface area contributed by atoms with Crippen LogP contribution >= 0.6 is 0 Å². The maximum atomic E-state index is 12.5. The first kappa shape index (κ1) is 19.5. The van der Waals surface area contributed by atoms with Crippen LogP contribution in [0, 0.1) is 0 Å². The van der Waals surface area contributed by atoms with Gasteiger partial charge in [-0.15, -0.1) is 13.2 Å². The van der Waals surface area contributed by atoms with E-state index in [1.807, 2.05) is 18.2 Å². The largest absolute Gasteiger partial charge is 0.573 e. The molecule has 0 unspecified atom stereocenters. The molecule has 0 spiro atoms. The fourth-order valence-electron chi connectivity index (χ4n) is 2.97. The van der Waals surface area contributed by atoms with E-state index in [0.717, 1.165) is 35.4 Å². The van der Waals surface area contributed by atoms with Crippen molar-refractivity contribution in [2.75, 3.05) is 6.61 Å². The van der Waals surface area contributed by atoms with Gasteiger partial charge in [0.05, 0.1) is 6.61 Å². The molecule has 3 rings (SSSR count). The number of benzene rings is 2. The first-order valence-electron chi connectivity index (χ1n) is 8.26. The first-order chi connectivity index (χ1) is 12.6. The van der Waals surface area contributed by atoms with Crippen LogP contribution in [0.4, 0.5) is 13.2 Å². The molecule has 0 aromatic heterocycles. The number of hydrogen-bond acceptors (Lipinski definition) is 4. The molecule has 1 atom stereocenters. The van der Waals surface area contributed by atoms with Crippen LogP contribution in [0.15, 0.2) is 47.4 Å². The Morgan fingerprint density at radius 2 is 1.96 bits per heavy atom. The summed E-state index contributed by atoms with van der Waals surface area (Å²) in [6, 6.07) is 9.75. The van der Waals surface area contributed by atoms with Crippen LogP contribution in [0.25, 0.3) is 0 Å². The van der Waals surface area contributed by atoms with E-state index in [1.54, 1.807) is 6.92 Å². The van der Waals surface area contributed by atoms with Gasteiger partial charge < -0.3 is 9.47 Å². The highest BCUT2D eigenvalue weighted by Gasteiger charge is 2.34. The highest BCUT2D eigenvalue weighted by molar-refractivity contribution is 7.89. The number of fused-ring (bicyclic) bond motifs is 1. The van der Waals surface area contributed by atoms with Gasteiger partial charge in [-0.05, 0) is 42.7 Å². The van der Waals surface area contributed by atoms with Gasteiger partial charge in [0.25, 0.3) is 0 Å². The van der Waals surface area contributed by atoms with Gasteiger partial charge >= 0.3 is 6.36 Å². The van der Waals surface area contributed by atoms with Gasteiger partial charge in [-0.3, -0.25) is 0 Å². The molecule has 1 heterocycles. The molecule has 2 aromatic rings. The van der Waals surface area contributed by atoms with Gasteiger partial charge in [-0.2, -0.15) is 0 Å². The Morgan fingerprint density at radius 3 is 2.70 bits per heavy atom. The Bertz CT molecular complexity index is 928. The number of rotatable bonds is 6. The van der Waals surface area contributed by atoms with Gasteiger partial charge in [0, 0.05) is 12.5 Å². The molecule has 9 heteroatoms. The van der Waals surface area contributed by atoms with Crippen LogP contribution in [-0.4, -0.2) is 27.4 Å². The lowest BCUT2D eigenvalue weighted by atomic mass is 10.0. The Labute approximate surface area is 155 Å². The fraction of sp³-hybridized carbons (Fsp3) is 0.333. The zero-order chi connectivity index (χ0) is 19.7. The van der Waals surface area contributed by atoms with Crippen molar-refractivity contribution in [3.63, 3.8) is 0 Å². The topological polar surface area (TPSA) is 64.6 Å². The van der Waals surface area contributed by atoms with Crippen molar-refractivity contribution >= 4 is 10.0 Å². The quantitative estimate of drug-likeness (QED) is 0.806. The van der Waals surface area contributed by atoms with Crippen molar-refractivity contribution in [2.24, 2.45) is 0 Å². The standard InChI is InChI=1S/C18H18F3NO4S/c1-12(10-13-6-7-15-14(11-13)8-9-25-15)22-27(23,24)17-5-3-2-4-16(17)26-18(19,20)21/h2-7,11-12,22H,8-10H2,1H3/t12-/m1/s1. The molecule has 5 nitrogen and oxygen atoms in total. The van der Waals surface area contributed by atoms with Gasteiger partial charge in [-0.25, -0.2) is 13.1 Å². The van der Waals surface area contributed by atoms with Crippen molar-refractivity contribution < 1.29 is 31.1 Å². The van der Waals surface area contributed by atoms with Gasteiger partial charge in [0.15, 0.2) is 0 Å². The van der Waals surface area contributed by atoms with Crippen LogP contribution in [0.3, 0.4) is 0 Å². The molecule has 1 N–H and O–H groups in total. The van der Waals surface area contributed by atoms with Gasteiger partial charge in [0.1, 0.15) is 16.4 Å². The van der Waals surface area contributed by atoms with E-state index in [1.165, 1.54) is 12.1 Å². The molecule has 1 aliphatic rings. The summed E-state index contributed by atoms with van der Waals surface area (Å²) < 4.78 is 74.3. The van der Waals surface area contributed by atoms with E-state index < -0.39 is 33.1 Å². The summed E-state index contributed by atoms with van der Waals surface area (Å²) in [4.78, 5) is -0.559. The Morgan fingerprint density at radius 1 is 1.22 bits per heavy atom. The first-order valence-corrected chi connectivity index (χ1v) is 9.74. The monoisotopic (exact) mass is 401 g/mol. The Hall–Kier alpha value is -2.26. The Kier molecular flexibility index (Phi) is 5.34. The number of halogens is 3. The maximum absolute atomic E-state index is 12.5. The zero-order valence-corrected chi connectivity index (χ0v) is 15.2. The van der Waals surface area contributed by atoms with E-state index in [0.29, 0.717) is 13.0 Å². The summed E-state index contributed by atoms with van der Waals surface area (Å²) in [6.07, 6.45) is -3.80. The predicted octanol–water partition coefficient (Wildman–Crippen LogP) is 3.43. The van der Waals surface area contributed by atoms with Crippen LogP contribution < -0.4 is 14.2 Å². The predicted molar refractivity (Wildman–Crippen MR) is 92.3 cm³/mol. The lowest BCUT2D eigenvalue weighted by Crippen LogP contribution is -2.34. The summed E-state index contributed by atoms with van der Waals surface area (Å²) in [5, 5.41) is 0. The van der Waals surface area contributed by atoms with Crippen molar-refractivity contribution in [3.8, 4) is 11.5 Å². The smallest absolute Gasteiger partial charge is 0.493 e. The third-order valence-electron chi connectivity index (χ3n) is 4.02. The van der Waals surface area contributed by atoms with Crippen LogP contribution in [-0.2, 0) is 22.9 Å². The van der Waals surface area contributed by atoms with Crippen molar-refractivity contribution in [1.82, 2.24) is 4.72 Å². The molecule has 0 radical (unpaired) electrons.